The van der Waals surface area contributed by atoms with Gasteiger partial charge in [0.05, 0.1) is 13.4 Å². The summed E-state index contributed by atoms with van der Waals surface area (Å²) in [6, 6.07) is 7.38. The normalized spacial score (nSPS) is 19.3. The zero-order chi connectivity index (χ0) is 22.1. The number of nitrogens with zero attached hydrogens (tertiary/aromatic N) is 6. The molecule has 2 saturated heterocycles. The van der Waals surface area contributed by atoms with Gasteiger partial charge in [0.1, 0.15) is 23.2 Å². The maximum Gasteiger partial charge on any atom is 0.314 e. The summed E-state index contributed by atoms with van der Waals surface area (Å²) in [7, 11) is 1.65. The van der Waals surface area contributed by atoms with Gasteiger partial charge in [-0.25, -0.2) is 14.8 Å². The minimum absolute atomic E-state index is 0.0769. The molecule has 0 bridgehead atoms. The van der Waals surface area contributed by atoms with Crippen molar-refractivity contribution in [3.8, 4) is 17.0 Å². The second-order valence-electron chi connectivity index (χ2n) is 8.06. The fourth-order valence-corrected chi connectivity index (χ4v) is 4.28. The first-order valence-corrected chi connectivity index (χ1v) is 10.9. The first kappa shape index (κ1) is 20.5. The third-order valence-corrected chi connectivity index (χ3v) is 6.11. The number of urea groups is 1. The molecule has 10 heteroatoms. The van der Waals surface area contributed by atoms with Gasteiger partial charge in [-0.2, -0.15) is 4.98 Å². The molecule has 0 saturated carbocycles. The number of hydrogen-bond donors (Lipinski definition) is 1. The summed E-state index contributed by atoms with van der Waals surface area (Å²) in [5, 5.41) is 0. The molecule has 1 atom stereocenters. The number of benzene rings is 1. The summed E-state index contributed by atoms with van der Waals surface area (Å²) < 4.78 is 13.3. The van der Waals surface area contributed by atoms with Gasteiger partial charge < -0.3 is 25.0 Å². The molecule has 0 radical (unpaired) electrons. The van der Waals surface area contributed by atoms with Gasteiger partial charge >= 0.3 is 6.03 Å². The van der Waals surface area contributed by atoms with E-state index in [-0.39, 0.29) is 6.23 Å². The number of hydrogen-bond acceptors (Lipinski definition) is 7. The predicted molar refractivity (Wildman–Crippen MR) is 120 cm³/mol. The van der Waals surface area contributed by atoms with Crippen molar-refractivity contribution < 1.29 is 14.3 Å². The molecule has 1 unspecified atom stereocenters. The van der Waals surface area contributed by atoms with E-state index in [2.05, 4.69) is 9.88 Å². The van der Waals surface area contributed by atoms with E-state index in [1.807, 2.05) is 28.8 Å². The Morgan fingerprint density at radius 1 is 1.12 bits per heavy atom. The number of anilines is 1. The van der Waals surface area contributed by atoms with E-state index in [0.717, 1.165) is 54.0 Å². The highest BCUT2D eigenvalue weighted by Crippen LogP contribution is 2.32. The van der Waals surface area contributed by atoms with Gasteiger partial charge in [-0.15, -0.1) is 0 Å². The largest absolute Gasteiger partial charge is 0.497 e. The van der Waals surface area contributed by atoms with Crippen molar-refractivity contribution >= 4 is 23.1 Å². The molecule has 1 aromatic carbocycles. The summed E-state index contributed by atoms with van der Waals surface area (Å²) in [6.45, 7) is 3.05. The second kappa shape index (κ2) is 8.62. The van der Waals surface area contributed by atoms with Crippen LogP contribution in [0.2, 0.25) is 0 Å². The number of carbonyl (C=O) groups excluding carboxylic acids is 1. The second-order valence-corrected chi connectivity index (χ2v) is 8.06. The first-order valence-electron chi connectivity index (χ1n) is 10.9. The van der Waals surface area contributed by atoms with Gasteiger partial charge in [-0.1, -0.05) is 0 Å². The molecule has 2 aliphatic rings. The van der Waals surface area contributed by atoms with E-state index in [4.69, 9.17) is 25.2 Å². The maximum atomic E-state index is 11.5. The van der Waals surface area contributed by atoms with Crippen molar-refractivity contribution in [1.29, 1.82) is 0 Å². The zero-order valence-electron chi connectivity index (χ0n) is 18.1. The summed E-state index contributed by atoms with van der Waals surface area (Å²) in [5.74, 6) is 1.40. The van der Waals surface area contributed by atoms with Crippen LogP contribution in [0.3, 0.4) is 0 Å². The molecule has 2 fully saturated rings. The van der Waals surface area contributed by atoms with Gasteiger partial charge in [-0.05, 0) is 43.5 Å². The summed E-state index contributed by atoms with van der Waals surface area (Å²) >= 11 is 0. The number of piperazine rings is 1. The standard InChI is InChI=1S/C22H27N7O3/c1-31-16-7-5-15(6-8-16)18-19-20(29(14-24-19)17-4-2-3-13-32-17)26-22(25-18)28-11-9-27(10-12-28)21(23)30/h5-8,14,17H,2-4,9-13H2,1H3,(H2,23,30). The number of carbonyl (C=O) groups is 1. The Labute approximate surface area is 185 Å². The Morgan fingerprint density at radius 3 is 2.56 bits per heavy atom. The van der Waals surface area contributed by atoms with Crippen LogP contribution in [0, 0.1) is 0 Å². The van der Waals surface area contributed by atoms with Crippen LogP contribution in [0.15, 0.2) is 30.6 Å². The smallest absolute Gasteiger partial charge is 0.314 e. The van der Waals surface area contributed by atoms with Gasteiger partial charge in [-0.3, -0.25) is 4.57 Å². The van der Waals surface area contributed by atoms with E-state index >= 15 is 0 Å². The Bertz CT molecular complexity index is 1100. The zero-order valence-corrected chi connectivity index (χ0v) is 18.1. The molecule has 0 spiro atoms. The first-order chi connectivity index (χ1) is 15.6. The number of ether oxygens (including phenoxy) is 2. The van der Waals surface area contributed by atoms with Gasteiger partial charge in [0.15, 0.2) is 5.65 Å². The molecule has 2 aliphatic heterocycles. The summed E-state index contributed by atoms with van der Waals surface area (Å²) in [5.41, 5.74) is 8.63. The van der Waals surface area contributed by atoms with Crippen LogP contribution >= 0.6 is 0 Å². The number of fused-ring (bicyclic) bond motifs is 1. The molecule has 168 valence electrons. The highest BCUT2D eigenvalue weighted by atomic mass is 16.5. The Morgan fingerprint density at radius 2 is 1.91 bits per heavy atom. The van der Waals surface area contributed by atoms with Crippen molar-refractivity contribution in [2.45, 2.75) is 25.5 Å². The molecule has 32 heavy (non-hydrogen) atoms. The molecule has 10 nitrogen and oxygen atoms in total. The lowest BCUT2D eigenvalue weighted by Crippen LogP contribution is -2.51. The molecular formula is C22H27N7O3. The monoisotopic (exact) mass is 437 g/mol. The van der Waals surface area contributed by atoms with Crippen LogP contribution in [-0.2, 0) is 4.74 Å². The van der Waals surface area contributed by atoms with E-state index in [1.165, 1.54) is 0 Å². The molecule has 4 heterocycles. The fourth-order valence-electron chi connectivity index (χ4n) is 4.28. The van der Waals surface area contributed by atoms with Gasteiger partial charge in [0, 0.05) is 38.3 Å². The summed E-state index contributed by atoms with van der Waals surface area (Å²) in [4.78, 5) is 29.7. The number of amides is 2. The van der Waals surface area contributed by atoms with Crippen molar-refractivity contribution in [1.82, 2.24) is 24.4 Å². The highest BCUT2D eigenvalue weighted by molar-refractivity contribution is 5.88. The average Bonchev–Trinajstić information content (AvgIpc) is 3.28. The number of methoxy groups -OCH3 is 1. The molecule has 3 aromatic rings. The van der Waals surface area contributed by atoms with Crippen LogP contribution in [0.1, 0.15) is 25.5 Å². The Hall–Kier alpha value is -3.40. The van der Waals surface area contributed by atoms with Crippen molar-refractivity contribution in [2.24, 2.45) is 5.73 Å². The highest BCUT2D eigenvalue weighted by Gasteiger charge is 2.25. The number of primary amides is 1. The lowest BCUT2D eigenvalue weighted by molar-refractivity contribution is -0.0298. The fraction of sp³-hybridized carbons (Fsp3) is 0.455. The average molecular weight is 438 g/mol. The van der Waals surface area contributed by atoms with E-state index < -0.39 is 6.03 Å². The number of nitrogens with two attached hydrogens (primary N) is 1. The van der Waals surface area contributed by atoms with E-state index in [0.29, 0.717) is 32.1 Å². The van der Waals surface area contributed by atoms with Gasteiger partial charge in [0.2, 0.25) is 5.95 Å². The molecule has 0 aliphatic carbocycles. The van der Waals surface area contributed by atoms with Crippen LogP contribution in [0.4, 0.5) is 10.7 Å². The molecule has 5 rings (SSSR count). The number of imidazole rings is 1. The van der Waals surface area contributed by atoms with E-state index in [9.17, 15) is 4.79 Å². The quantitative estimate of drug-likeness (QED) is 0.667. The van der Waals surface area contributed by atoms with Crippen LogP contribution < -0.4 is 15.4 Å². The topological polar surface area (TPSA) is 112 Å². The lowest BCUT2D eigenvalue weighted by Gasteiger charge is -2.34. The minimum atomic E-state index is -0.396. The third kappa shape index (κ3) is 3.81. The van der Waals surface area contributed by atoms with Crippen molar-refractivity contribution in [2.75, 3.05) is 44.8 Å². The Kier molecular flexibility index (Phi) is 5.52. The lowest BCUT2D eigenvalue weighted by atomic mass is 10.1. The third-order valence-electron chi connectivity index (χ3n) is 6.11. The number of rotatable bonds is 4. The molecule has 2 amide bonds. The van der Waals surface area contributed by atoms with Crippen LogP contribution in [-0.4, -0.2) is 70.3 Å². The van der Waals surface area contributed by atoms with Crippen molar-refractivity contribution in [3.63, 3.8) is 0 Å². The molecular weight excluding hydrogens is 410 g/mol. The Balaban J connectivity index is 1.57. The summed E-state index contributed by atoms with van der Waals surface area (Å²) in [6.07, 6.45) is 4.84. The van der Waals surface area contributed by atoms with Crippen LogP contribution in [0.25, 0.3) is 22.4 Å². The number of aromatic nitrogens is 4. The van der Waals surface area contributed by atoms with Gasteiger partial charge in [0.25, 0.3) is 0 Å². The van der Waals surface area contributed by atoms with E-state index in [1.54, 1.807) is 18.3 Å². The maximum absolute atomic E-state index is 11.5. The van der Waals surface area contributed by atoms with Crippen LogP contribution in [0.5, 0.6) is 5.75 Å². The SMILES string of the molecule is COc1ccc(-c2nc(N3CCN(C(N)=O)CC3)nc3c2ncn3C2CCCCO2)cc1. The minimum Gasteiger partial charge on any atom is -0.497 e. The van der Waals surface area contributed by atoms with Crippen molar-refractivity contribution in [3.05, 3.63) is 30.6 Å². The molecule has 2 aromatic heterocycles. The molecule has 2 N–H and O–H groups in total. The predicted octanol–water partition coefficient (Wildman–Crippen LogP) is 2.40.